The number of nitrogens with one attached hydrogen (secondary N) is 1. The zero-order valence-corrected chi connectivity index (χ0v) is 13.4. The van der Waals surface area contributed by atoms with Crippen molar-refractivity contribution in [1.82, 2.24) is 14.8 Å². The standard InChI is InChI=1S/C16H19N3O2S/c1-18-15(21)13(14(20)17-16(18)22)9-11-7-8-19(10-11)12-5-3-2-4-6-12/h7-10,12H,2-6H2,1H3,(H,17,20,22)/b13-9-. The third-order valence-electron chi connectivity index (χ3n) is 4.35. The van der Waals surface area contributed by atoms with Crippen LogP contribution in [-0.4, -0.2) is 33.4 Å². The minimum atomic E-state index is -0.432. The van der Waals surface area contributed by atoms with Gasteiger partial charge in [-0.1, -0.05) is 19.3 Å². The van der Waals surface area contributed by atoms with Crippen molar-refractivity contribution in [2.24, 2.45) is 0 Å². The first kappa shape index (κ1) is 15.0. The van der Waals surface area contributed by atoms with Crippen molar-refractivity contribution < 1.29 is 9.59 Å². The van der Waals surface area contributed by atoms with Gasteiger partial charge in [0.25, 0.3) is 11.8 Å². The van der Waals surface area contributed by atoms with Crippen molar-refractivity contribution in [1.29, 1.82) is 0 Å². The zero-order chi connectivity index (χ0) is 15.7. The van der Waals surface area contributed by atoms with Crippen LogP contribution in [0.1, 0.15) is 43.7 Å². The third kappa shape index (κ3) is 2.83. The molecule has 1 aliphatic heterocycles. The average molecular weight is 317 g/mol. The lowest BCUT2D eigenvalue weighted by Crippen LogP contribution is -2.52. The highest BCUT2D eigenvalue weighted by Crippen LogP contribution is 2.28. The topological polar surface area (TPSA) is 54.3 Å². The summed E-state index contributed by atoms with van der Waals surface area (Å²) in [5, 5.41) is 2.67. The van der Waals surface area contributed by atoms with Gasteiger partial charge in [-0.15, -0.1) is 0 Å². The Morgan fingerprint density at radius 3 is 2.73 bits per heavy atom. The molecule has 116 valence electrons. The fourth-order valence-corrected chi connectivity index (χ4v) is 3.21. The Balaban J connectivity index is 1.82. The molecule has 2 aliphatic rings. The monoisotopic (exact) mass is 317 g/mol. The lowest BCUT2D eigenvalue weighted by atomic mass is 9.95. The van der Waals surface area contributed by atoms with Gasteiger partial charge in [0.05, 0.1) is 0 Å². The fraction of sp³-hybridized carbons (Fsp3) is 0.438. The van der Waals surface area contributed by atoms with Crippen molar-refractivity contribution in [3.05, 3.63) is 29.6 Å². The third-order valence-corrected chi connectivity index (χ3v) is 4.73. The number of nitrogens with zero attached hydrogens (tertiary/aromatic N) is 2. The van der Waals surface area contributed by atoms with Crippen molar-refractivity contribution in [2.75, 3.05) is 7.05 Å². The number of rotatable bonds is 2. The summed E-state index contributed by atoms with van der Waals surface area (Å²) in [6, 6.07) is 2.47. The molecule has 2 heterocycles. The van der Waals surface area contributed by atoms with E-state index in [-0.39, 0.29) is 16.6 Å². The van der Waals surface area contributed by atoms with Crippen LogP contribution >= 0.6 is 12.2 Å². The molecule has 0 bridgehead atoms. The van der Waals surface area contributed by atoms with E-state index < -0.39 is 5.91 Å². The maximum absolute atomic E-state index is 12.2. The molecule has 1 aromatic heterocycles. The summed E-state index contributed by atoms with van der Waals surface area (Å²) >= 11 is 4.93. The van der Waals surface area contributed by atoms with E-state index >= 15 is 0 Å². The smallest absolute Gasteiger partial charge is 0.265 e. The van der Waals surface area contributed by atoms with E-state index in [0.29, 0.717) is 6.04 Å². The van der Waals surface area contributed by atoms with E-state index in [4.69, 9.17) is 12.2 Å². The van der Waals surface area contributed by atoms with E-state index in [9.17, 15) is 9.59 Å². The second-order valence-corrected chi connectivity index (χ2v) is 6.25. The number of hydrogen-bond acceptors (Lipinski definition) is 3. The lowest BCUT2D eigenvalue weighted by molar-refractivity contribution is -0.128. The van der Waals surface area contributed by atoms with Gasteiger partial charge < -0.3 is 4.57 Å². The Bertz CT molecular complexity index is 656. The molecular weight excluding hydrogens is 298 g/mol. The normalized spacial score (nSPS) is 22.3. The summed E-state index contributed by atoms with van der Waals surface area (Å²) in [4.78, 5) is 25.4. The molecule has 0 radical (unpaired) electrons. The molecule has 2 fully saturated rings. The van der Waals surface area contributed by atoms with Crippen LogP contribution in [0.3, 0.4) is 0 Å². The highest BCUT2D eigenvalue weighted by molar-refractivity contribution is 7.80. The molecule has 0 aromatic carbocycles. The largest absolute Gasteiger partial charge is 0.351 e. The lowest BCUT2D eigenvalue weighted by Gasteiger charge is -2.25. The summed E-state index contributed by atoms with van der Waals surface area (Å²) in [5.74, 6) is -0.794. The molecular formula is C16H19N3O2S. The second kappa shape index (κ2) is 6.04. The summed E-state index contributed by atoms with van der Waals surface area (Å²) < 4.78 is 2.20. The summed E-state index contributed by atoms with van der Waals surface area (Å²) in [6.07, 6.45) is 11.9. The maximum Gasteiger partial charge on any atom is 0.265 e. The molecule has 2 amide bonds. The minimum absolute atomic E-state index is 0.123. The zero-order valence-electron chi connectivity index (χ0n) is 12.5. The molecule has 22 heavy (non-hydrogen) atoms. The molecule has 1 saturated carbocycles. The second-order valence-electron chi connectivity index (χ2n) is 5.87. The molecule has 1 N–H and O–H groups in total. The van der Waals surface area contributed by atoms with Crippen LogP contribution < -0.4 is 5.32 Å². The highest BCUT2D eigenvalue weighted by atomic mass is 32.1. The predicted molar refractivity (Wildman–Crippen MR) is 88.0 cm³/mol. The SMILES string of the molecule is CN1C(=O)/C(=C\c2ccn(C3CCCCC3)c2)C(=O)NC1=S. The van der Waals surface area contributed by atoms with Gasteiger partial charge in [0.1, 0.15) is 5.57 Å². The van der Waals surface area contributed by atoms with Crippen LogP contribution in [0.5, 0.6) is 0 Å². The number of carbonyl (C=O) groups is 2. The average Bonchev–Trinajstić information content (AvgIpc) is 2.99. The Morgan fingerprint density at radius 2 is 2.00 bits per heavy atom. The van der Waals surface area contributed by atoms with Crippen LogP contribution in [0, 0.1) is 0 Å². The van der Waals surface area contributed by atoms with Gasteiger partial charge in [-0.2, -0.15) is 0 Å². The summed E-state index contributed by atoms with van der Waals surface area (Å²) in [5.41, 5.74) is 0.989. The Labute approximate surface area is 135 Å². The minimum Gasteiger partial charge on any atom is -0.351 e. The molecule has 0 spiro atoms. The number of aromatic nitrogens is 1. The van der Waals surface area contributed by atoms with Crippen LogP contribution in [0.2, 0.25) is 0 Å². The summed E-state index contributed by atoms with van der Waals surface area (Å²) in [6.45, 7) is 0. The Morgan fingerprint density at radius 1 is 1.27 bits per heavy atom. The number of thiocarbonyl (C=S) groups is 1. The Hall–Kier alpha value is -1.95. The van der Waals surface area contributed by atoms with Gasteiger partial charge in [-0.05, 0) is 42.8 Å². The van der Waals surface area contributed by atoms with E-state index in [0.717, 1.165) is 5.56 Å². The first-order valence-corrected chi connectivity index (χ1v) is 7.99. The Kier molecular flexibility index (Phi) is 4.11. The molecule has 0 atom stereocenters. The van der Waals surface area contributed by atoms with E-state index in [1.807, 2.05) is 18.5 Å². The molecule has 0 unspecified atom stereocenters. The van der Waals surface area contributed by atoms with Crippen molar-refractivity contribution in [3.8, 4) is 0 Å². The first-order valence-electron chi connectivity index (χ1n) is 7.59. The van der Waals surface area contributed by atoms with Crippen LogP contribution in [-0.2, 0) is 9.59 Å². The van der Waals surface area contributed by atoms with Gasteiger partial charge in [0.2, 0.25) is 0 Å². The van der Waals surface area contributed by atoms with Crippen LogP contribution in [0.25, 0.3) is 6.08 Å². The van der Waals surface area contributed by atoms with Crippen LogP contribution in [0.15, 0.2) is 24.0 Å². The van der Waals surface area contributed by atoms with E-state index in [2.05, 4.69) is 9.88 Å². The van der Waals surface area contributed by atoms with Gasteiger partial charge in [-0.25, -0.2) is 0 Å². The number of amides is 2. The number of likely N-dealkylation sites (N-methyl/N-ethyl adjacent to an activating group) is 1. The first-order chi connectivity index (χ1) is 10.6. The molecule has 5 nitrogen and oxygen atoms in total. The van der Waals surface area contributed by atoms with Gasteiger partial charge in [-0.3, -0.25) is 19.8 Å². The number of carbonyl (C=O) groups excluding carboxylic acids is 2. The maximum atomic E-state index is 12.2. The molecule has 1 aromatic rings. The summed E-state index contributed by atoms with van der Waals surface area (Å²) in [7, 11) is 1.56. The quantitative estimate of drug-likeness (QED) is 0.517. The van der Waals surface area contributed by atoms with Gasteiger partial charge in [0, 0.05) is 25.5 Å². The molecule has 1 saturated heterocycles. The van der Waals surface area contributed by atoms with Gasteiger partial charge in [0.15, 0.2) is 5.11 Å². The number of hydrogen-bond donors (Lipinski definition) is 1. The van der Waals surface area contributed by atoms with Crippen molar-refractivity contribution in [2.45, 2.75) is 38.1 Å². The fourth-order valence-electron chi connectivity index (χ4n) is 3.03. The van der Waals surface area contributed by atoms with Crippen molar-refractivity contribution in [3.63, 3.8) is 0 Å². The van der Waals surface area contributed by atoms with E-state index in [1.165, 1.54) is 37.0 Å². The molecule has 3 rings (SSSR count). The van der Waals surface area contributed by atoms with Crippen LogP contribution in [0.4, 0.5) is 0 Å². The molecule has 6 heteroatoms. The van der Waals surface area contributed by atoms with E-state index in [1.54, 1.807) is 13.1 Å². The predicted octanol–water partition coefficient (Wildman–Crippen LogP) is 2.25. The van der Waals surface area contributed by atoms with Gasteiger partial charge >= 0.3 is 0 Å². The highest BCUT2D eigenvalue weighted by Gasteiger charge is 2.30. The molecule has 1 aliphatic carbocycles. The van der Waals surface area contributed by atoms with Crippen molar-refractivity contribution >= 4 is 35.2 Å².